The van der Waals surface area contributed by atoms with E-state index in [1.165, 1.54) is 6.08 Å². The minimum absolute atomic E-state index is 0.250. The van der Waals surface area contributed by atoms with E-state index in [2.05, 4.69) is 0 Å². The minimum Gasteiger partial charge on any atom is -0.490 e. The molecule has 0 radical (unpaired) electrons. The third-order valence-electron chi connectivity index (χ3n) is 3.05. The Kier molecular flexibility index (Phi) is 6.46. The van der Waals surface area contributed by atoms with Gasteiger partial charge in [0.2, 0.25) is 6.20 Å². The monoisotopic (exact) mass is 367 g/mol. The molecule has 0 atom stereocenters. The van der Waals surface area contributed by atoms with Gasteiger partial charge in [-0.15, -0.1) is 0 Å². The van der Waals surface area contributed by atoms with Gasteiger partial charge in [0, 0.05) is 21.7 Å². The zero-order valence-electron chi connectivity index (χ0n) is 12.9. The third-order valence-corrected chi connectivity index (χ3v) is 3.64. The van der Waals surface area contributed by atoms with Crippen molar-refractivity contribution < 1.29 is 14.4 Å². The van der Waals surface area contributed by atoms with Crippen LogP contribution in [0.1, 0.15) is 18.1 Å². The number of hydrogen-bond acceptors (Lipinski definition) is 4. The predicted molar refractivity (Wildman–Crippen MR) is 94.4 cm³/mol. The van der Waals surface area contributed by atoms with Gasteiger partial charge in [0.05, 0.1) is 11.5 Å². The second-order valence-electron chi connectivity index (χ2n) is 4.76. The van der Waals surface area contributed by atoms with Gasteiger partial charge in [-0.3, -0.25) is 10.1 Å². The molecule has 126 valence electrons. The second-order valence-corrected chi connectivity index (χ2v) is 5.61. The highest BCUT2D eigenvalue weighted by Gasteiger charge is 2.08. The molecule has 24 heavy (non-hydrogen) atoms. The van der Waals surface area contributed by atoms with Crippen molar-refractivity contribution in [3.63, 3.8) is 0 Å². The Morgan fingerprint density at radius 2 is 1.92 bits per heavy atom. The summed E-state index contributed by atoms with van der Waals surface area (Å²) in [5, 5.41) is 11.5. The standard InChI is InChI=1S/C17H15Cl2NO4/c1-2-23-17-9-12(7-8-20(21)22)3-6-16(17)24-11-13-4-5-14(18)10-15(13)19/h3-10H,2,11H2,1H3/b8-7-. The Morgan fingerprint density at radius 3 is 2.58 bits per heavy atom. The molecule has 2 aromatic carbocycles. The summed E-state index contributed by atoms with van der Waals surface area (Å²) >= 11 is 12.0. The smallest absolute Gasteiger partial charge is 0.235 e. The molecule has 0 saturated heterocycles. The van der Waals surface area contributed by atoms with E-state index in [0.717, 1.165) is 11.8 Å². The number of hydrogen-bond donors (Lipinski definition) is 0. The number of benzene rings is 2. The largest absolute Gasteiger partial charge is 0.490 e. The van der Waals surface area contributed by atoms with Gasteiger partial charge < -0.3 is 9.47 Å². The molecule has 0 aliphatic heterocycles. The van der Waals surface area contributed by atoms with Crippen LogP contribution in [0.5, 0.6) is 11.5 Å². The molecule has 0 spiro atoms. The fourth-order valence-electron chi connectivity index (χ4n) is 1.96. The first-order chi connectivity index (χ1) is 11.5. The van der Waals surface area contributed by atoms with Crippen LogP contribution in [0.15, 0.2) is 42.6 Å². The zero-order valence-corrected chi connectivity index (χ0v) is 14.4. The van der Waals surface area contributed by atoms with Crippen molar-refractivity contribution >= 4 is 29.3 Å². The van der Waals surface area contributed by atoms with E-state index in [1.54, 1.807) is 36.4 Å². The zero-order chi connectivity index (χ0) is 17.5. The van der Waals surface area contributed by atoms with E-state index in [-0.39, 0.29) is 6.61 Å². The van der Waals surface area contributed by atoms with Gasteiger partial charge in [-0.05, 0) is 36.8 Å². The topological polar surface area (TPSA) is 61.6 Å². The average Bonchev–Trinajstić information content (AvgIpc) is 2.53. The van der Waals surface area contributed by atoms with Gasteiger partial charge >= 0.3 is 0 Å². The summed E-state index contributed by atoms with van der Waals surface area (Å²) in [6.45, 7) is 2.54. The third kappa shape index (κ3) is 5.15. The molecule has 0 aliphatic carbocycles. The molecule has 2 aromatic rings. The van der Waals surface area contributed by atoms with Crippen molar-refractivity contribution in [2.75, 3.05) is 6.61 Å². The summed E-state index contributed by atoms with van der Waals surface area (Å²) in [5.74, 6) is 1.04. The molecule has 5 nitrogen and oxygen atoms in total. The highest BCUT2D eigenvalue weighted by atomic mass is 35.5. The Labute approximate surface area is 149 Å². The van der Waals surface area contributed by atoms with Crippen LogP contribution < -0.4 is 9.47 Å². The number of ether oxygens (including phenoxy) is 2. The quantitative estimate of drug-likeness (QED) is 0.497. The summed E-state index contributed by atoms with van der Waals surface area (Å²) in [6.07, 6.45) is 2.27. The number of rotatable bonds is 7. The van der Waals surface area contributed by atoms with Crippen molar-refractivity contribution in [3.05, 3.63) is 73.9 Å². The SMILES string of the molecule is CCOc1cc(/C=C\[N+](=O)[O-])ccc1OCc1ccc(Cl)cc1Cl. The highest BCUT2D eigenvalue weighted by Crippen LogP contribution is 2.31. The predicted octanol–water partition coefficient (Wildman–Crippen LogP) is 5.22. The highest BCUT2D eigenvalue weighted by molar-refractivity contribution is 6.35. The van der Waals surface area contributed by atoms with E-state index in [0.29, 0.717) is 33.7 Å². The molecule has 0 fully saturated rings. The maximum absolute atomic E-state index is 10.4. The van der Waals surface area contributed by atoms with Gasteiger partial charge in [0.15, 0.2) is 11.5 Å². The maximum atomic E-state index is 10.4. The van der Waals surface area contributed by atoms with Crippen LogP contribution in [-0.2, 0) is 6.61 Å². The van der Waals surface area contributed by atoms with Crippen LogP contribution in [0.2, 0.25) is 10.0 Å². The van der Waals surface area contributed by atoms with Crippen molar-refractivity contribution in [1.82, 2.24) is 0 Å². The Hall–Kier alpha value is -2.24. The number of nitrogens with zero attached hydrogens (tertiary/aromatic N) is 1. The van der Waals surface area contributed by atoms with E-state index >= 15 is 0 Å². The molecule has 7 heteroatoms. The maximum Gasteiger partial charge on any atom is 0.235 e. The normalized spacial score (nSPS) is 10.8. The lowest BCUT2D eigenvalue weighted by atomic mass is 10.2. The molecule has 0 amide bonds. The molecule has 0 aliphatic rings. The fraction of sp³-hybridized carbons (Fsp3) is 0.176. The van der Waals surface area contributed by atoms with Crippen LogP contribution in [0.3, 0.4) is 0 Å². The Balaban J connectivity index is 2.17. The average molecular weight is 368 g/mol. The molecule has 0 saturated carbocycles. The summed E-state index contributed by atoms with van der Waals surface area (Å²) in [5.41, 5.74) is 1.44. The first-order valence-corrected chi connectivity index (χ1v) is 7.90. The van der Waals surface area contributed by atoms with Crippen LogP contribution >= 0.6 is 23.2 Å². The Bertz CT molecular complexity index is 762. The van der Waals surface area contributed by atoms with Crippen LogP contribution in [-0.4, -0.2) is 11.5 Å². The summed E-state index contributed by atoms with van der Waals surface area (Å²) < 4.78 is 11.3. The van der Waals surface area contributed by atoms with Gasteiger partial charge in [-0.2, -0.15) is 0 Å². The van der Waals surface area contributed by atoms with Crippen molar-refractivity contribution in [3.8, 4) is 11.5 Å². The van der Waals surface area contributed by atoms with Gasteiger partial charge in [0.25, 0.3) is 0 Å². The van der Waals surface area contributed by atoms with Crippen LogP contribution in [0, 0.1) is 10.1 Å². The second kappa shape index (κ2) is 8.57. The molecule has 0 aromatic heterocycles. The van der Waals surface area contributed by atoms with E-state index in [9.17, 15) is 10.1 Å². The van der Waals surface area contributed by atoms with Crippen LogP contribution in [0.4, 0.5) is 0 Å². The van der Waals surface area contributed by atoms with Gasteiger partial charge in [0.1, 0.15) is 6.61 Å². The Morgan fingerprint density at radius 1 is 1.12 bits per heavy atom. The van der Waals surface area contributed by atoms with E-state index < -0.39 is 4.92 Å². The van der Waals surface area contributed by atoms with Crippen molar-refractivity contribution in [2.24, 2.45) is 0 Å². The number of nitro groups is 1. The molecule has 0 bridgehead atoms. The lowest BCUT2D eigenvalue weighted by Gasteiger charge is -2.13. The fourth-order valence-corrected chi connectivity index (χ4v) is 2.42. The van der Waals surface area contributed by atoms with E-state index in [1.807, 2.05) is 6.92 Å². The first kappa shape index (κ1) is 18.1. The molecular weight excluding hydrogens is 353 g/mol. The summed E-state index contributed by atoms with van der Waals surface area (Å²) in [7, 11) is 0. The molecule has 0 heterocycles. The lowest BCUT2D eigenvalue weighted by molar-refractivity contribution is -0.400. The van der Waals surface area contributed by atoms with Gasteiger partial charge in [-0.25, -0.2) is 0 Å². The molecule has 2 rings (SSSR count). The van der Waals surface area contributed by atoms with Crippen LogP contribution in [0.25, 0.3) is 6.08 Å². The lowest BCUT2D eigenvalue weighted by Crippen LogP contribution is -2.00. The molecule has 0 unspecified atom stereocenters. The van der Waals surface area contributed by atoms with E-state index in [4.69, 9.17) is 32.7 Å². The van der Waals surface area contributed by atoms with Crippen molar-refractivity contribution in [2.45, 2.75) is 13.5 Å². The van der Waals surface area contributed by atoms with Gasteiger partial charge in [-0.1, -0.05) is 35.3 Å². The summed E-state index contributed by atoms with van der Waals surface area (Å²) in [6, 6.07) is 10.3. The van der Waals surface area contributed by atoms with Crippen molar-refractivity contribution in [1.29, 1.82) is 0 Å². The summed E-state index contributed by atoms with van der Waals surface area (Å²) in [4.78, 5) is 9.89. The minimum atomic E-state index is -0.521. The molecular formula is C17H15Cl2NO4. The molecule has 0 N–H and O–H groups in total. The number of halogens is 2. The first-order valence-electron chi connectivity index (χ1n) is 7.15.